The molecule has 0 aliphatic heterocycles. The summed E-state index contributed by atoms with van der Waals surface area (Å²) in [6.07, 6.45) is 0. The molecule has 7 aromatic carbocycles. The Hall–Kier alpha value is -6.23. The van der Waals surface area contributed by atoms with Gasteiger partial charge >= 0.3 is 0 Å². The molecule has 0 unspecified atom stereocenters. The average Bonchev–Trinajstić information content (AvgIpc) is 3.56. The largest absolute Gasteiger partial charge is 0.208 e. The fourth-order valence-electron chi connectivity index (χ4n) is 6.37. The van der Waals surface area contributed by atoms with Crippen LogP contribution in [0.3, 0.4) is 0 Å². The van der Waals surface area contributed by atoms with Gasteiger partial charge in [-0.2, -0.15) is 0 Å². The number of nitrogens with zero attached hydrogens (tertiary/aromatic N) is 3. The topological polar surface area (TPSA) is 38.7 Å². The average molecular weight is 644 g/mol. The molecular formula is C45H29N3S. The van der Waals surface area contributed by atoms with Gasteiger partial charge in [-0.05, 0) is 57.6 Å². The van der Waals surface area contributed by atoms with Crippen molar-refractivity contribution in [2.24, 2.45) is 0 Å². The van der Waals surface area contributed by atoms with Crippen LogP contribution in [0.4, 0.5) is 0 Å². The first-order valence-electron chi connectivity index (χ1n) is 16.4. The quantitative estimate of drug-likeness (QED) is 0.181. The van der Waals surface area contributed by atoms with Gasteiger partial charge in [-0.15, -0.1) is 11.3 Å². The van der Waals surface area contributed by atoms with Crippen molar-refractivity contribution in [2.45, 2.75) is 0 Å². The summed E-state index contributed by atoms with van der Waals surface area (Å²) in [4.78, 5) is 15.2. The third kappa shape index (κ3) is 5.69. The molecule has 0 bridgehead atoms. The van der Waals surface area contributed by atoms with Crippen LogP contribution in [0, 0.1) is 0 Å². The van der Waals surface area contributed by atoms with Gasteiger partial charge in [0, 0.05) is 36.9 Å². The SMILES string of the molecule is c1ccc(-c2ccc(-c3nc(-c4ccc(-c5ccccc5)cc4)nc(-c4ccc5sc6cc(-c7ccccc7)ccc6c5c4)n3)cc2)cc1. The molecule has 0 fully saturated rings. The maximum atomic E-state index is 5.07. The van der Waals surface area contributed by atoms with E-state index in [1.807, 2.05) is 23.5 Å². The van der Waals surface area contributed by atoms with Crippen LogP contribution in [0.1, 0.15) is 0 Å². The summed E-state index contributed by atoms with van der Waals surface area (Å²) in [5, 5.41) is 2.45. The first-order chi connectivity index (χ1) is 24.2. The molecule has 9 rings (SSSR count). The van der Waals surface area contributed by atoms with Gasteiger partial charge in [-0.3, -0.25) is 0 Å². The molecule has 0 atom stereocenters. The molecule has 0 aliphatic rings. The highest BCUT2D eigenvalue weighted by Gasteiger charge is 2.15. The zero-order valence-electron chi connectivity index (χ0n) is 26.5. The van der Waals surface area contributed by atoms with Gasteiger partial charge in [0.1, 0.15) is 0 Å². The number of hydrogen-bond donors (Lipinski definition) is 0. The Labute approximate surface area is 288 Å². The van der Waals surface area contributed by atoms with Crippen molar-refractivity contribution in [1.29, 1.82) is 0 Å². The van der Waals surface area contributed by atoms with E-state index in [-0.39, 0.29) is 0 Å². The molecule has 3 nitrogen and oxygen atoms in total. The lowest BCUT2D eigenvalue weighted by molar-refractivity contribution is 1.07. The Balaban J connectivity index is 1.15. The zero-order chi connectivity index (χ0) is 32.6. The summed E-state index contributed by atoms with van der Waals surface area (Å²) in [5.41, 5.74) is 9.97. The first kappa shape index (κ1) is 29.0. The number of rotatable bonds is 6. The van der Waals surface area contributed by atoms with Crippen LogP contribution in [-0.2, 0) is 0 Å². The number of hydrogen-bond acceptors (Lipinski definition) is 4. The van der Waals surface area contributed by atoms with E-state index in [2.05, 4.69) is 164 Å². The summed E-state index contributed by atoms with van der Waals surface area (Å²) >= 11 is 1.82. The predicted molar refractivity (Wildman–Crippen MR) is 205 cm³/mol. The molecule has 2 aromatic heterocycles. The van der Waals surface area contributed by atoms with E-state index in [1.165, 1.54) is 42.4 Å². The second-order valence-corrected chi connectivity index (χ2v) is 13.2. The normalized spacial score (nSPS) is 11.3. The van der Waals surface area contributed by atoms with Crippen molar-refractivity contribution in [3.63, 3.8) is 0 Å². The molecule has 230 valence electrons. The lowest BCUT2D eigenvalue weighted by atomic mass is 10.0. The smallest absolute Gasteiger partial charge is 0.164 e. The Morgan fingerprint density at radius 1 is 0.265 bits per heavy atom. The third-order valence-corrected chi connectivity index (χ3v) is 10.1. The van der Waals surface area contributed by atoms with Gasteiger partial charge in [0.05, 0.1) is 0 Å². The number of benzene rings is 7. The summed E-state index contributed by atoms with van der Waals surface area (Å²) in [6.45, 7) is 0. The molecule has 4 heteroatoms. The highest BCUT2D eigenvalue weighted by molar-refractivity contribution is 7.25. The van der Waals surface area contributed by atoms with Crippen LogP contribution in [-0.4, -0.2) is 15.0 Å². The Morgan fingerprint density at radius 2 is 0.653 bits per heavy atom. The Bertz CT molecular complexity index is 2460. The lowest BCUT2D eigenvalue weighted by Gasteiger charge is -2.10. The van der Waals surface area contributed by atoms with Gasteiger partial charge < -0.3 is 0 Å². The Morgan fingerprint density at radius 3 is 1.16 bits per heavy atom. The molecule has 49 heavy (non-hydrogen) atoms. The van der Waals surface area contributed by atoms with Crippen LogP contribution in [0.5, 0.6) is 0 Å². The van der Waals surface area contributed by atoms with Gasteiger partial charge in [0.15, 0.2) is 17.5 Å². The van der Waals surface area contributed by atoms with E-state index >= 15 is 0 Å². The van der Waals surface area contributed by atoms with Crippen LogP contribution >= 0.6 is 11.3 Å². The standard InChI is InChI=1S/C45H29N3S/c1-4-10-30(11-5-1)33-16-20-35(21-17-33)43-46-44(36-22-18-34(19-23-36)31-12-6-2-7-13-31)48-45(47-43)38-25-27-41-40(28-38)39-26-24-37(29-42(39)49-41)32-14-8-3-9-15-32/h1-29H. The van der Waals surface area contributed by atoms with Gasteiger partial charge in [-0.25, -0.2) is 15.0 Å². The monoisotopic (exact) mass is 643 g/mol. The Kier molecular flexibility index (Phi) is 7.34. The second kappa shape index (κ2) is 12.4. The highest BCUT2D eigenvalue weighted by atomic mass is 32.1. The van der Waals surface area contributed by atoms with Crippen LogP contribution in [0.15, 0.2) is 176 Å². The molecule has 0 aliphatic carbocycles. The van der Waals surface area contributed by atoms with Gasteiger partial charge in [0.2, 0.25) is 0 Å². The predicted octanol–water partition coefficient (Wildman–Crippen LogP) is 12.2. The summed E-state index contributed by atoms with van der Waals surface area (Å²) in [5.74, 6) is 1.95. The first-order valence-corrected chi connectivity index (χ1v) is 17.2. The van der Waals surface area contributed by atoms with E-state index in [4.69, 9.17) is 15.0 Å². The van der Waals surface area contributed by atoms with Crippen molar-refractivity contribution in [3.8, 4) is 67.5 Å². The lowest BCUT2D eigenvalue weighted by Crippen LogP contribution is -2.00. The molecule has 9 aromatic rings. The number of fused-ring (bicyclic) bond motifs is 3. The molecule has 0 spiro atoms. The molecular weight excluding hydrogens is 615 g/mol. The maximum Gasteiger partial charge on any atom is 0.164 e. The van der Waals surface area contributed by atoms with E-state index in [1.54, 1.807) is 0 Å². The van der Waals surface area contributed by atoms with Crippen molar-refractivity contribution < 1.29 is 0 Å². The fourth-order valence-corrected chi connectivity index (χ4v) is 7.50. The minimum absolute atomic E-state index is 0.648. The molecule has 0 saturated carbocycles. The fraction of sp³-hybridized carbons (Fsp3) is 0. The minimum Gasteiger partial charge on any atom is -0.208 e. The number of aromatic nitrogens is 3. The molecule has 0 amide bonds. The van der Waals surface area contributed by atoms with Crippen LogP contribution in [0.25, 0.3) is 87.7 Å². The highest BCUT2D eigenvalue weighted by Crippen LogP contribution is 2.38. The van der Waals surface area contributed by atoms with E-state index < -0.39 is 0 Å². The maximum absolute atomic E-state index is 5.07. The third-order valence-electron chi connectivity index (χ3n) is 8.97. The van der Waals surface area contributed by atoms with E-state index in [9.17, 15) is 0 Å². The van der Waals surface area contributed by atoms with E-state index in [0.29, 0.717) is 17.5 Å². The second-order valence-electron chi connectivity index (χ2n) is 12.1. The molecule has 0 radical (unpaired) electrons. The minimum atomic E-state index is 0.648. The summed E-state index contributed by atoms with van der Waals surface area (Å²) in [7, 11) is 0. The molecule has 0 N–H and O–H groups in total. The number of thiophene rings is 1. The molecule has 0 saturated heterocycles. The van der Waals surface area contributed by atoms with Crippen LogP contribution < -0.4 is 0 Å². The van der Waals surface area contributed by atoms with Crippen LogP contribution in [0.2, 0.25) is 0 Å². The molecule has 2 heterocycles. The van der Waals surface area contributed by atoms with Crippen molar-refractivity contribution in [2.75, 3.05) is 0 Å². The van der Waals surface area contributed by atoms with Gasteiger partial charge in [-0.1, -0.05) is 152 Å². The van der Waals surface area contributed by atoms with E-state index in [0.717, 1.165) is 27.8 Å². The zero-order valence-corrected chi connectivity index (χ0v) is 27.3. The van der Waals surface area contributed by atoms with Crippen molar-refractivity contribution >= 4 is 31.5 Å². The summed E-state index contributed by atoms with van der Waals surface area (Å²) in [6, 6.07) is 61.6. The van der Waals surface area contributed by atoms with Crippen molar-refractivity contribution in [3.05, 3.63) is 176 Å². The van der Waals surface area contributed by atoms with Crippen molar-refractivity contribution in [1.82, 2.24) is 15.0 Å². The summed E-state index contributed by atoms with van der Waals surface area (Å²) < 4.78 is 2.51. The van der Waals surface area contributed by atoms with Gasteiger partial charge in [0.25, 0.3) is 0 Å².